The highest BCUT2D eigenvalue weighted by Gasteiger charge is 2.21. The van der Waals surface area contributed by atoms with E-state index in [2.05, 4.69) is 17.1 Å². The highest BCUT2D eigenvalue weighted by atomic mass is 32.2. The quantitative estimate of drug-likeness (QED) is 0.280. The Hall–Kier alpha value is -3.29. The number of sulfonamides is 1. The minimum Gasteiger partial charge on any atom is -0.457 e. The van der Waals surface area contributed by atoms with E-state index in [0.717, 1.165) is 4.90 Å². The molecular weight excluding hydrogens is 452 g/mol. The Balaban J connectivity index is 1.46. The first-order valence-corrected chi connectivity index (χ1v) is 13.0. The van der Waals surface area contributed by atoms with Crippen molar-refractivity contribution in [2.24, 2.45) is 0 Å². The van der Waals surface area contributed by atoms with Crippen LogP contribution in [0.4, 0.5) is 5.69 Å². The summed E-state index contributed by atoms with van der Waals surface area (Å²) in [5.41, 5.74) is 1.26. The molecule has 1 heterocycles. The highest BCUT2D eigenvalue weighted by molar-refractivity contribution is 7.99. The number of hydrogen-bond acceptors (Lipinski definition) is 5. The van der Waals surface area contributed by atoms with E-state index >= 15 is 0 Å². The lowest BCUT2D eigenvalue weighted by Gasteiger charge is -2.23. The molecule has 0 unspecified atom stereocenters. The molecular formula is C26H24N2O3S2. The zero-order valence-corrected chi connectivity index (χ0v) is 19.8. The van der Waals surface area contributed by atoms with Crippen molar-refractivity contribution in [2.45, 2.75) is 23.3 Å². The van der Waals surface area contributed by atoms with Gasteiger partial charge in [0, 0.05) is 16.0 Å². The molecule has 1 aromatic heterocycles. The van der Waals surface area contributed by atoms with Gasteiger partial charge in [-0.25, -0.2) is 8.42 Å². The third kappa shape index (κ3) is 6.15. The van der Waals surface area contributed by atoms with Crippen molar-refractivity contribution < 1.29 is 13.2 Å². The Morgan fingerprint density at radius 2 is 1.39 bits per heavy atom. The summed E-state index contributed by atoms with van der Waals surface area (Å²) >= 11 is 1.69. The van der Waals surface area contributed by atoms with Crippen LogP contribution in [-0.2, 0) is 16.6 Å². The van der Waals surface area contributed by atoms with Gasteiger partial charge in [0.1, 0.15) is 11.5 Å². The number of hydrogen-bond donors (Lipinski definition) is 0. The van der Waals surface area contributed by atoms with Crippen molar-refractivity contribution in [3.8, 4) is 11.5 Å². The van der Waals surface area contributed by atoms with Crippen molar-refractivity contribution in [1.82, 2.24) is 4.98 Å². The van der Waals surface area contributed by atoms with Gasteiger partial charge in [-0.3, -0.25) is 9.29 Å². The molecule has 168 valence electrons. The Morgan fingerprint density at radius 3 is 2.00 bits per heavy atom. The Morgan fingerprint density at radius 1 is 0.788 bits per heavy atom. The summed E-state index contributed by atoms with van der Waals surface area (Å²) in [4.78, 5) is 6.57. The van der Waals surface area contributed by atoms with E-state index in [1.807, 2.05) is 54.6 Å². The summed E-state index contributed by atoms with van der Waals surface area (Å²) in [6.45, 7) is 1.82. The summed E-state index contributed by atoms with van der Waals surface area (Å²) in [6.07, 6.45) is 1.66. The van der Waals surface area contributed by atoms with Crippen LogP contribution in [0.25, 0.3) is 0 Å². The van der Waals surface area contributed by atoms with Crippen LogP contribution in [0, 0.1) is 0 Å². The molecule has 4 aromatic rings. The molecule has 4 rings (SSSR count). The standard InChI is InChI=1S/C26H24N2O3S2/c1-2-33(29,30)28(20-21-8-6-7-19-27-21)22-11-13-23(14-12-22)31-24-15-17-26(18-16-24)32-25-9-4-3-5-10-25/h3-19H,2,20H2,1H3. The maximum absolute atomic E-state index is 12.7. The van der Waals surface area contributed by atoms with Gasteiger partial charge in [0.15, 0.2) is 0 Å². The van der Waals surface area contributed by atoms with Crippen LogP contribution in [0.3, 0.4) is 0 Å². The second-order valence-electron chi connectivity index (χ2n) is 7.21. The van der Waals surface area contributed by atoms with Gasteiger partial charge in [-0.15, -0.1) is 0 Å². The minimum atomic E-state index is -3.46. The van der Waals surface area contributed by atoms with E-state index in [9.17, 15) is 8.42 Å². The number of rotatable bonds is 9. The van der Waals surface area contributed by atoms with Gasteiger partial charge in [-0.05, 0) is 79.7 Å². The maximum atomic E-state index is 12.7. The smallest absolute Gasteiger partial charge is 0.235 e. The zero-order chi connectivity index (χ0) is 23.1. The second-order valence-corrected chi connectivity index (χ2v) is 10.5. The van der Waals surface area contributed by atoms with Gasteiger partial charge in [0.2, 0.25) is 10.0 Å². The predicted molar refractivity (Wildman–Crippen MR) is 133 cm³/mol. The first-order chi connectivity index (χ1) is 16.0. The minimum absolute atomic E-state index is 0.00538. The topological polar surface area (TPSA) is 59.5 Å². The van der Waals surface area contributed by atoms with Crippen molar-refractivity contribution in [2.75, 3.05) is 10.1 Å². The van der Waals surface area contributed by atoms with E-state index in [-0.39, 0.29) is 12.3 Å². The molecule has 0 aliphatic heterocycles. The second kappa shape index (κ2) is 10.6. The van der Waals surface area contributed by atoms with Crippen molar-refractivity contribution >= 4 is 27.5 Å². The Labute approximate surface area is 199 Å². The molecule has 0 atom stereocenters. The first-order valence-electron chi connectivity index (χ1n) is 10.5. The average molecular weight is 477 g/mol. The number of ether oxygens (including phenoxy) is 1. The van der Waals surface area contributed by atoms with Crippen LogP contribution in [0.1, 0.15) is 12.6 Å². The van der Waals surface area contributed by atoms with Gasteiger partial charge in [0.25, 0.3) is 0 Å². The molecule has 0 amide bonds. The molecule has 0 N–H and O–H groups in total. The average Bonchev–Trinajstić information content (AvgIpc) is 2.86. The van der Waals surface area contributed by atoms with Gasteiger partial charge in [0.05, 0.1) is 23.7 Å². The van der Waals surface area contributed by atoms with E-state index in [1.165, 1.54) is 9.20 Å². The molecule has 7 heteroatoms. The van der Waals surface area contributed by atoms with Crippen LogP contribution in [0.2, 0.25) is 0 Å². The number of aromatic nitrogens is 1. The Kier molecular flexibility index (Phi) is 7.32. The summed E-state index contributed by atoms with van der Waals surface area (Å²) in [7, 11) is -3.46. The molecule has 0 aliphatic rings. The maximum Gasteiger partial charge on any atom is 0.235 e. The molecule has 0 saturated heterocycles. The van der Waals surface area contributed by atoms with Crippen molar-refractivity contribution in [1.29, 1.82) is 0 Å². The van der Waals surface area contributed by atoms with Gasteiger partial charge in [-0.1, -0.05) is 36.0 Å². The van der Waals surface area contributed by atoms with Crippen LogP contribution >= 0.6 is 11.8 Å². The van der Waals surface area contributed by atoms with E-state index < -0.39 is 10.0 Å². The summed E-state index contributed by atoms with van der Waals surface area (Å²) < 4.78 is 32.8. The zero-order valence-electron chi connectivity index (χ0n) is 18.2. The van der Waals surface area contributed by atoms with Crippen LogP contribution in [0.15, 0.2) is 113 Å². The third-order valence-electron chi connectivity index (χ3n) is 4.90. The number of benzene rings is 3. The summed E-state index contributed by atoms with van der Waals surface area (Å²) in [6, 6.07) is 30.6. The lowest BCUT2D eigenvalue weighted by Crippen LogP contribution is -2.32. The number of nitrogens with zero attached hydrogens (tertiary/aromatic N) is 2. The molecule has 0 bridgehead atoms. The monoisotopic (exact) mass is 476 g/mol. The molecule has 0 spiro atoms. The molecule has 5 nitrogen and oxygen atoms in total. The third-order valence-corrected chi connectivity index (χ3v) is 7.65. The lowest BCUT2D eigenvalue weighted by molar-refractivity contribution is 0.482. The fourth-order valence-electron chi connectivity index (χ4n) is 3.16. The Bertz CT molecular complexity index is 1260. The SMILES string of the molecule is CCS(=O)(=O)N(Cc1ccccn1)c1ccc(Oc2ccc(Sc3ccccc3)cc2)cc1. The molecule has 0 saturated carbocycles. The van der Waals surface area contributed by atoms with Crippen molar-refractivity contribution in [3.05, 3.63) is 109 Å². The van der Waals surface area contributed by atoms with Crippen LogP contribution < -0.4 is 9.04 Å². The van der Waals surface area contributed by atoms with Crippen molar-refractivity contribution in [3.63, 3.8) is 0 Å². The molecule has 33 heavy (non-hydrogen) atoms. The van der Waals surface area contributed by atoms with Gasteiger partial charge < -0.3 is 4.74 Å². The first kappa shape index (κ1) is 22.9. The lowest BCUT2D eigenvalue weighted by atomic mass is 10.3. The van der Waals surface area contributed by atoms with Crippen LogP contribution in [-0.4, -0.2) is 19.2 Å². The van der Waals surface area contributed by atoms with E-state index in [4.69, 9.17) is 4.74 Å². The van der Waals surface area contributed by atoms with Crippen LogP contribution in [0.5, 0.6) is 11.5 Å². The normalized spacial score (nSPS) is 11.2. The molecule has 0 radical (unpaired) electrons. The largest absolute Gasteiger partial charge is 0.457 e. The summed E-state index contributed by atoms with van der Waals surface area (Å²) in [5.74, 6) is 1.35. The number of anilines is 1. The fourth-order valence-corrected chi connectivity index (χ4v) is 5.08. The predicted octanol–water partition coefficient (Wildman–Crippen LogP) is 6.38. The molecule has 0 aliphatic carbocycles. The van der Waals surface area contributed by atoms with Gasteiger partial charge >= 0.3 is 0 Å². The van der Waals surface area contributed by atoms with E-state index in [0.29, 0.717) is 22.9 Å². The van der Waals surface area contributed by atoms with Gasteiger partial charge in [-0.2, -0.15) is 0 Å². The van der Waals surface area contributed by atoms with E-state index in [1.54, 1.807) is 55.2 Å². The fraction of sp³-hybridized carbons (Fsp3) is 0.115. The summed E-state index contributed by atoms with van der Waals surface area (Å²) in [5, 5.41) is 0. The molecule has 3 aromatic carbocycles. The highest BCUT2D eigenvalue weighted by Crippen LogP contribution is 2.31. The number of pyridine rings is 1. The molecule has 0 fully saturated rings.